The van der Waals surface area contributed by atoms with Gasteiger partial charge in [-0.1, -0.05) is 23.2 Å². The van der Waals surface area contributed by atoms with E-state index in [1.54, 1.807) is 18.2 Å². The van der Waals surface area contributed by atoms with Crippen LogP contribution in [0.5, 0.6) is 17.2 Å². The second-order valence-electron chi connectivity index (χ2n) is 5.15. The number of anilines is 1. The molecule has 0 atom stereocenters. The molecule has 0 aliphatic heterocycles. The molecule has 0 aliphatic carbocycles. The van der Waals surface area contributed by atoms with Crippen molar-refractivity contribution in [1.82, 2.24) is 0 Å². The highest BCUT2D eigenvalue weighted by Crippen LogP contribution is 2.34. The number of nitrogens with one attached hydrogen (secondary N) is 1. The van der Waals surface area contributed by atoms with Gasteiger partial charge in [-0.25, -0.2) is 4.99 Å². The fourth-order valence-corrected chi connectivity index (χ4v) is 2.80. The number of hydrogen-bond donors (Lipinski definition) is 2. The third-order valence-electron chi connectivity index (χ3n) is 3.37. The number of alkyl halides is 2. The average molecular weight is 548 g/mol. The number of benzene rings is 2. The SMILES string of the molecule is COc1ccc(NC(N)=NCc2cc(Cl)cc(Cl)c2OC(F)F)cc1OC.I. The normalized spacial score (nSPS) is 11.0. The van der Waals surface area contributed by atoms with Crippen LogP contribution in [0.3, 0.4) is 0 Å². The van der Waals surface area contributed by atoms with Crippen LogP contribution in [0, 0.1) is 0 Å². The number of hydrogen-bond acceptors (Lipinski definition) is 4. The Morgan fingerprint density at radius 3 is 2.43 bits per heavy atom. The summed E-state index contributed by atoms with van der Waals surface area (Å²) in [4.78, 5) is 4.11. The Hall–Kier alpha value is -1.72. The first-order valence-electron chi connectivity index (χ1n) is 7.55. The molecule has 28 heavy (non-hydrogen) atoms. The third kappa shape index (κ3) is 6.71. The number of ether oxygens (including phenoxy) is 3. The number of halogens is 5. The maximum atomic E-state index is 12.6. The van der Waals surface area contributed by atoms with Crippen LogP contribution in [-0.2, 0) is 6.54 Å². The molecule has 0 aromatic heterocycles. The summed E-state index contributed by atoms with van der Waals surface area (Å²) in [7, 11) is 3.03. The van der Waals surface area contributed by atoms with E-state index in [0.717, 1.165) is 0 Å². The van der Waals surface area contributed by atoms with Gasteiger partial charge in [-0.3, -0.25) is 0 Å². The number of methoxy groups -OCH3 is 2. The summed E-state index contributed by atoms with van der Waals surface area (Å²) < 4.78 is 40.0. The topological polar surface area (TPSA) is 78.1 Å². The number of nitrogens with zero attached hydrogens (tertiary/aromatic N) is 1. The van der Waals surface area contributed by atoms with Crippen LogP contribution >= 0.6 is 47.2 Å². The van der Waals surface area contributed by atoms with Crippen molar-refractivity contribution >= 4 is 58.8 Å². The van der Waals surface area contributed by atoms with Crippen LogP contribution in [0.15, 0.2) is 35.3 Å². The molecule has 3 N–H and O–H groups in total. The molecular formula is C17H18Cl2F2IN3O3. The van der Waals surface area contributed by atoms with Gasteiger partial charge < -0.3 is 25.3 Å². The van der Waals surface area contributed by atoms with E-state index >= 15 is 0 Å². The zero-order valence-corrected chi connectivity index (χ0v) is 18.7. The third-order valence-corrected chi connectivity index (χ3v) is 3.87. The van der Waals surface area contributed by atoms with Gasteiger partial charge in [-0.15, -0.1) is 24.0 Å². The molecule has 2 aromatic carbocycles. The number of nitrogens with two attached hydrogens (primary N) is 1. The summed E-state index contributed by atoms with van der Waals surface area (Å²) in [6.45, 7) is -3.11. The maximum Gasteiger partial charge on any atom is 0.387 e. The molecule has 0 saturated heterocycles. The van der Waals surface area contributed by atoms with E-state index in [9.17, 15) is 8.78 Å². The van der Waals surface area contributed by atoms with Crippen molar-refractivity contribution in [3.05, 3.63) is 45.9 Å². The van der Waals surface area contributed by atoms with Crippen LogP contribution in [-0.4, -0.2) is 26.8 Å². The van der Waals surface area contributed by atoms with Crippen molar-refractivity contribution in [3.63, 3.8) is 0 Å². The van der Waals surface area contributed by atoms with E-state index in [-0.39, 0.29) is 57.8 Å². The van der Waals surface area contributed by atoms with E-state index in [1.165, 1.54) is 26.4 Å². The summed E-state index contributed by atoms with van der Waals surface area (Å²) in [6, 6.07) is 7.81. The predicted molar refractivity (Wildman–Crippen MR) is 117 cm³/mol. The molecule has 11 heteroatoms. The lowest BCUT2D eigenvalue weighted by atomic mass is 10.2. The first-order chi connectivity index (χ1) is 12.8. The smallest absolute Gasteiger partial charge is 0.387 e. The van der Waals surface area contributed by atoms with Gasteiger partial charge >= 0.3 is 6.61 Å². The highest BCUT2D eigenvalue weighted by atomic mass is 127. The lowest BCUT2D eigenvalue weighted by Gasteiger charge is -2.13. The van der Waals surface area contributed by atoms with E-state index < -0.39 is 6.61 Å². The molecule has 2 rings (SSSR count). The Morgan fingerprint density at radius 2 is 1.82 bits per heavy atom. The largest absolute Gasteiger partial charge is 0.493 e. The number of aliphatic imine (C=N–C) groups is 1. The molecule has 0 bridgehead atoms. The number of guanidine groups is 1. The Balaban J connectivity index is 0.00000392. The summed E-state index contributed by atoms with van der Waals surface area (Å²) >= 11 is 11.8. The molecule has 0 heterocycles. The quantitative estimate of drug-likeness (QED) is 0.284. The molecule has 2 aromatic rings. The highest BCUT2D eigenvalue weighted by Gasteiger charge is 2.15. The van der Waals surface area contributed by atoms with Gasteiger partial charge in [-0.05, 0) is 24.3 Å². The fourth-order valence-electron chi connectivity index (χ4n) is 2.22. The zero-order valence-electron chi connectivity index (χ0n) is 14.8. The van der Waals surface area contributed by atoms with Crippen molar-refractivity contribution < 1.29 is 23.0 Å². The van der Waals surface area contributed by atoms with Crippen LogP contribution < -0.4 is 25.3 Å². The lowest BCUT2D eigenvalue weighted by molar-refractivity contribution is -0.0503. The summed E-state index contributed by atoms with van der Waals surface area (Å²) in [5.41, 5.74) is 6.72. The van der Waals surface area contributed by atoms with Crippen molar-refractivity contribution in [1.29, 1.82) is 0 Å². The second-order valence-corrected chi connectivity index (χ2v) is 5.99. The van der Waals surface area contributed by atoms with E-state index in [0.29, 0.717) is 17.2 Å². The first kappa shape index (κ1) is 24.3. The average Bonchev–Trinajstić information content (AvgIpc) is 2.62. The Labute approximate surface area is 188 Å². The van der Waals surface area contributed by atoms with Gasteiger partial charge in [0.2, 0.25) is 0 Å². The van der Waals surface area contributed by atoms with Crippen molar-refractivity contribution in [2.24, 2.45) is 10.7 Å². The predicted octanol–water partition coefficient (Wildman–Crippen LogP) is 5.16. The molecule has 0 unspecified atom stereocenters. The Morgan fingerprint density at radius 1 is 1.14 bits per heavy atom. The summed E-state index contributed by atoms with van der Waals surface area (Å²) in [5, 5.41) is 3.08. The van der Waals surface area contributed by atoms with Crippen LogP contribution in [0.25, 0.3) is 0 Å². The van der Waals surface area contributed by atoms with E-state index in [1.807, 2.05) is 0 Å². The van der Waals surface area contributed by atoms with Gasteiger partial charge in [0, 0.05) is 22.3 Å². The van der Waals surface area contributed by atoms with E-state index in [4.69, 9.17) is 38.4 Å². The molecule has 154 valence electrons. The molecular weight excluding hydrogens is 530 g/mol. The minimum Gasteiger partial charge on any atom is -0.493 e. The minimum atomic E-state index is -3.03. The molecule has 6 nitrogen and oxygen atoms in total. The van der Waals surface area contributed by atoms with Crippen LogP contribution in [0.1, 0.15) is 5.56 Å². The zero-order chi connectivity index (χ0) is 20.0. The lowest BCUT2D eigenvalue weighted by Crippen LogP contribution is -2.22. The summed E-state index contributed by atoms with van der Waals surface area (Å²) in [5.74, 6) is 0.908. The van der Waals surface area contributed by atoms with Crippen molar-refractivity contribution in [2.75, 3.05) is 19.5 Å². The van der Waals surface area contributed by atoms with Crippen LogP contribution in [0.2, 0.25) is 10.0 Å². The highest BCUT2D eigenvalue weighted by molar-refractivity contribution is 14.0. The van der Waals surface area contributed by atoms with Gasteiger partial charge in [0.05, 0.1) is 25.8 Å². The Kier molecular flexibility index (Phi) is 9.83. The second kappa shape index (κ2) is 11.3. The molecule has 0 saturated carbocycles. The summed E-state index contributed by atoms with van der Waals surface area (Å²) in [6.07, 6.45) is 0. The van der Waals surface area contributed by atoms with Gasteiger partial charge in [0.1, 0.15) is 5.75 Å². The fraction of sp³-hybridized carbons (Fsp3) is 0.235. The Bertz CT molecular complexity index is 842. The molecule has 0 amide bonds. The maximum absolute atomic E-state index is 12.6. The van der Waals surface area contributed by atoms with Crippen LogP contribution in [0.4, 0.5) is 14.5 Å². The van der Waals surface area contributed by atoms with Crippen molar-refractivity contribution in [3.8, 4) is 17.2 Å². The van der Waals surface area contributed by atoms with Crippen molar-refractivity contribution in [2.45, 2.75) is 13.2 Å². The van der Waals surface area contributed by atoms with E-state index in [2.05, 4.69) is 15.0 Å². The monoisotopic (exact) mass is 547 g/mol. The van der Waals surface area contributed by atoms with Gasteiger partial charge in [-0.2, -0.15) is 8.78 Å². The van der Waals surface area contributed by atoms with Gasteiger partial charge in [0.15, 0.2) is 17.5 Å². The molecule has 0 aliphatic rings. The minimum absolute atomic E-state index is 0. The molecule has 0 radical (unpaired) electrons. The first-order valence-corrected chi connectivity index (χ1v) is 8.31. The number of rotatable bonds is 7. The molecule has 0 spiro atoms. The molecule has 0 fully saturated rings. The standard InChI is InChI=1S/C17H17Cl2F2N3O3.HI/c1-25-13-4-3-11(7-14(13)26-2)24-17(22)23-8-9-5-10(18)6-12(19)15(9)27-16(20)21;/h3-7,16H,8H2,1-2H3,(H3,22,23,24);1H. The van der Waals surface area contributed by atoms with Gasteiger partial charge in [0.25, 0.3) is 0 Å².